The minimum atomic E-state index is 0.641. The number of pyridine rings is 1. The molecule has 0 bridgehead atoms. The molecule has 1 rings (SSSR count). The van der Waals surface area contributed by atoms with Gasteiger partial charge in [-0.3, -0.25) is 4.98 Å². The Morgan fingerprint density at radius 3 is 2.42 bits per heavy atom. The highest BCUT2D eigenvalue weighted by Gasteiger charge is 1.94. The van der Waals surface area contributed by atoms with E-state index in [9.17, 15) is 0 Å². The molecule has 0 spiro atoms. The molecule has 0 radical (unpaired) electrons. The van der Waals surface area contributed by atoms with Crippen LogP contribution in [0.2, 0.25) is 0 Å². The minimum absolute atomic E-state index is 0.641. The molecular weight excluding hydrogens is 234 g/mol. The van der Waals surface area contributed by atoms with Gasteiger partial charge in [0.1, 0.15) is 0 Å². The van der Waals surface area contributed by atoms with Crippen molar-refractivity contribution < 1.29 is 4.74 Å². The lowest BCUT2D eigenvalue weighted by molar-refractivity contribution is 0.114. The molecule has 106 valence electrons. The lowest BCUT2D eigenvalue weighted by Gasteiger charge is -2.04. The van der Waals surface area contributed by atoms with E-state index in [0.29, 0.717) is 6.61 Å². The molecule has 0 atom stereocenters. The van der Waals surface area contributed by atoms with Crippen molar-refractivity contribution in [2.75, 3.05) is 6.61 Å². The summed E-state index contributed by atoms with van der Waals surface area (Å²) in [5.74, 6) is 0. The number of aromatic nitrogens is 1. The Hall–Kier alpha value is -1.15. The zero-order chi connectivity index (χ0) is 13.6. The fraction of sp³-hybridized carbons (Fsp3) is 0.588. The molecule has 1 aromatic rings. The summed E-state index contributed by atoms with van der Waals surface area (Å²) in [5.41, 5.74) is 1.02. The summed E-state index contributed by atoms with van der Waals surface area (Å²) in [5, 5.41) is 0. The molecule has 0 N–H and O–H groups in total. The van der Waals surface area contributed by atoms with E-state index >= 15 is 0 Å². The van der Waals surface area contributed by atoms with Gasteiger partial charge >= 0.3 is 0 Å². The Kier molecular flexibility index (Phi) is 9.97. The zero-order valence-electron chi connectivity index (χ0n) is 12.0. The second-order valence-corrected chi connectivity index (χ2v) is 4.93. The van der Waals surface area contributed by atoms with Crippen LogP contribution in [-0.4, -0.2) is 11.6 Å². The Balaban J connectivity index is 1.80. The molecule has 0 aromatic carbocycles. The third-order valence-electron chi connectivity index (χ3n) is 3.17. The monoisotopic (exact) mass is 261 g/mol. The van der Waals surface area contributed by atoms with Crippen LogP contribution >= 0.6 is 0 Å². The summed E-state index contributed by atoms with van der Waals surface area (Å²) in [7, 11) is 0. The van der Waals surface area contributed by atoms with Gasteiger partial charge < -0.3 is 4.74 Å². The van der Waals surface area contributed by atoms with Gasteiger partial charge in [0.2, 0.25) is 0 Å². The first-order chi connectivity index (χ1) is 9.43. The van der Waals surface area contributed by atoms with Crippen molar-refractivity contribution in [2.24, 2.45) is 0 Å². The molecule has 2 nitrogen and oxygen atoms in total. The number of rotatable bonds is 12. The van der Waals surface area contributed by atoms with Crippen LogP contribution < -0.4 is 0 Å². The van der Waals surface area contributed by atoms with Crippen LogP contribution in [0.1, 0.15) is 57.1 Å². The van der Waals surface area contributed by atoms with E-state index < -0.39 is 0 Å². The highest BCUT2D eigenvalue weighted by molar-refractivity contribution is 5.01. The van der Waals surface area contributed by atoms with Gasteiger partial charge in [0, 0.05) is 12.8 Å². The summed E-state index contributed by atoms with van der Waals surface area (Å²) in [6.07, 6.45) is 14.1. The molecule has 0 fully saturated rings. The number of unbranched alkanes of at least 4 members (excludes halogenated alkanes) is 7. The maximum absolute atomic E-state index is 5.61. The van der Waals surface area contributed by atoms with Crippen LogP contribution in [0, 0.1) is 0 Å². The molecule has 0 amide bonds. The van der Waals surface area contributed by atoms with Crippen LogP contribution in [0.5, 0.6) is 0 Å². The Bertz CT molecular complexity index is 310. The first kappa shape index (κ1) is 15.9. The van der Waals surface area contributed by atoms with E-state index in [1.54, 1.807) is 0 Å². The van der Waals surface area contributed by atoms with Crippen molar-refractivity contribution >= 4 is 0 Å². The average Bonchev–Trinajstić information content (AvgIpc) is 2.46. The fourth-order valence-corrected chi connectivity index (χ4v) is 2.04. The Morgan fingerprint density at radius 1 is 1.00 bits per heavy atom. The smallest absolute Gasteiger partial charge is 0.0887 e. The summed E-state index contributed by atoms with van der Waals surface area (Å²) in [4.78, 5) is 4.23. The molecule has 0 saturated heterocycles. The number of allylic oxidation sites excluding steroid dienone is 1. The topological polar surface area (TPSA) is 22.1 Å². The minimum Gasteiger partial charge on any atom is -0.375 e. The van der Waals surface area contributed by atoms with Crippen LogP contribution in [0.4, 0.5) is 0 Å². The molecule has 0 aliphatic rings. The number of nitrogens with zero attached hydrogens (tertiary/aromatic N) is 1. The SMILES string of the molecule is C=CCCCCCCCCCOCc1ccccn1. The number of hydrogen-bond donors (Lipinski definition) is 0. The Morgan fingerprint density at radius 2 is 1.74 bits per heavy atom. The van der Waals surface area contributed by atoms with E-state index in [1.165, 1.54) is 51.4 Å². The largest absolute Gasteiger partial charge is 0.375 e. The summed E-state index contributed by atoms with van der Waals surface area (Å²) < 4.78 is 5.61. The third-order valence-corrected chi connectivity index (χ3v) is 3.17. The number of ether oxygens (including phenoxy) is 1. The molecule has 0 unspecified atom stereocenters. The predicted molar refractivity (Wildman–Crippen MR) is 81.0 cm³/mol. The van der Waals surface area contributed by atoms with Gasteiger partial charge in [-0.25, -0.2) is 0 Å². The third kappa shape index (κ3) is 9.43. The molecule has 1 heterocycles. The molecule has 19 heavy (non-hydrogen) atoms. The fourth-order valence-electron chi connectivity index (χ4n) is 2.04. The van der Waals surface area contributed by atoms with Crippen LogP contribution in [0.15, 0.2) is 37.1 Å². The van der Waals surface area contributed by atoms with E-state index in [2.05, 4.69) is 11.6 Å². The van der Waals surface area contributed by atoms with E-state index in [1.807, 2.05) is 30.5 Å². The second-order valence-electron chi connectivity index (χ2n) is 4.93. The maximum atomic E-state index is 5.61. The first-order valence-electron chi connectivity index (χ1n) is 7.52. The second kappa shape index (κ2) is 11.9. The van der Waals surface area contributed by atoms with Gasteiger partial charge in [-0.1, -0.05) is 44.2 Å². The summed E-state index contributed by atoms with van der Waals surface area (Å²) in [6, 6.07) is 5.93. The normalized spacial score (nSPS) is 10.5. The van der Waals surface area contributed by atoms with Crippen molar-refractivity contribution in [1.29, 1.82) is 0 Å². The van der Waals surface area contributed by atoms with Gasteiger partial charge in [0.15, 0.2) is 0 Å². The zero-order valence-corrected chi connectivity index (χ0v) is 12.0. The quantitative estimate of drug-likeness (QED) is 0.394. The van der Waals surface area contributed by atoms with Crippen LogP contribution in [0.25, 0.3) is 0 Å². The molecule has 2 heteroatoms. The summed E-state index contributed by atoms with van der Waals surface area (Å²) >= 11 is 0. The lowest BCUT2D eigenvalue weighted by atomic mass is 10.1. The summed E-state index contributed by atoms with van der Waals surface area (Å²) in [6.45, 7) is 5.24. The molecule has 0 saturated carbocycles. The molecule has 0 aliphatic heterocycles. The van der Waals surface area contributed by atoms with Gasteiger partial charge in [0.25, 0.3) is 0 Å². The average molecular weight is 261 g/mol. The van der Waals surface area contributed by atoms with Gasteiger partial charge in [0.05, 0.1) is 12.3 Å². The molecular formula is C17H27NO. The standard InChI is InChI=1S/C17H27NO/c1-2-3-4-5-6-7-8-9-12-15-19-16-17-13-10-11-14-18-17/h2,10-11,13-14H,1,3-9,12,15-16H2. The van der Waals surface area contributed by atoms with E-state index in [4.69, 9.17) is 4.74 Å². The van der Waals surface area contributed by atoms with Crippen molar-refractivity contribution in [3.05, 3.63) is 42.7 Å². The highest BCUT2D eigenvalue weighted by Crippen LogP contribution is 2.09. The van der Waals surface area contributed by atoms with Gasteiger partial charge in [-0.15, -0.1) is 6.58 Å². The molecule has 0 aliphatic carbocycles. The van der Waals surface area contributed by atoms with Crippen molar-refractivity contribution in [3.63, 3.8) is 0 Å². The maximum Gasteiger partial charge on any atom is 0.0887 e. The van der Waals surface area contributed by atoms with E-state index in [-0.39, 0.29) is 0 Å². The van der Waals surface area contributed by atoms with Crippen LogP contribution in [0.3, 0.4) is 0 Å². The van der Waals surface area contributed by atoms with Gasteiger partial charge in [-0.2, -0.15) is 0 Å². The Labute approximate surface area is 117 Å². The van der Waals surface area contributed by atoms with Gasteiger partial charge in [-0.05, 0) is 31.4 Å². The van der Waals surface area contributed by atoms with Crippen molar-refractivity contribution in [2.45, 2.75) is 58.0 Å². The van der Waals surface area contributed by atoms with E-state index in [0.717, 1.165) is 12.3 Å². The number of hydrogen-bond acceptors (Lipinski definition) is 2. The van der Waals surface area contributed by atoms with Crippen molar-refractivity contribution in [1.82, 2.24) is 4.98 Å². The predicted octanol–water partition coefficient (Wildman–Crippen LogP) is 4.91. The molecule has 1 aromatic heterocycles. The van der Waals surface area contributed by atoms with Crippen LogP contribution in [-0.2, 0) is 11.3 Å². The highest BCUT2D eigenvalue weighted by atomic mass is 16.5. The lowest BCUT2D eigenvalue weighted by Crippen LogP contribution is -1.97. The first-order valence-corrected chi connectivity index (χ1v) is 7.52. The van der Waals surface area contributed by atoms with Crippen molar-refractivity contribution in [3.8, 4) is 0 Å².